The molecule has 0 bridgehead atoms. The molecular formula is C22H28BrN3O5S. The maximum absolute atomic E-state index is 13.4. The van der Waals surface area contributed by atoms with Gasteiger partial charge in [-0.25, -0.2) is 8.42 Å². The number of amides is 2. The number of likely N-dealkylation sites (N-methyl/N-ethyl adjacent to an activating group) is 1. The minimum absolute atomic E-state index is 0.125. The Labute approximate surface area is 197 Å². The number of carbonyl (C=O) groups is 2. The molecule has 2 aromatic rings. The number of rotatable bonds is 10. The molecule has 0 aliphatic carbocycles. The topological polar surface area (TPSA) is 96.0 Å². The van der Waals surface area contributed by atoms with Crippen molar-refractivity contribution in [3.8, 4) is 5.75 Å². The van der Waals surface area contributed by atoms with Gasteiger partial charge in [-0.05, 0) is 48.4 Å². The van der Waals surface area contributed by atoms with Gasteiger partial charge in [0.05, 0.1) is 19.1 Å². The van der Waals surface area contributed by atoms with Crippen molar-refractivity contribution in [1.29, 1.82) is 0 Å². The number of nitrogens with one attached hydrogen (secondary N) is 1. The fraction of sp³-hybridized carbons (Fsp3) is 0.364. The zero-order valence-electron chi connectivity index (χ0n) is 18.5. The highest BCUT2D eigenvalue weighted by atomic mass is 79.9. The van der Waals surface area contributed by atoms with Gasteiger partial charge in [-0.1, -0.05) is 35.0 Å². The van der Waals surface area contributed by atoms with E-state index in [4.69, 9.17) is 4.74 Å². The lowest BCUT2D eigenvalue weighted by atomic mass is 10.1. The van der Waals surface area contributed by atoms with Crippen LogP contribution in [-0.4, -0.2) is 58.1 Å². The molecule has 1 atom stereocenters. The lowest BCUT2D eigenvalue weighted by Crippen LogP contribution is -2.51. The molecule has 2 amide bonds. The van der Waals surface area contributed by atoms with Crippen LogP contribution in [0.4, 0.5) is 5.69 Å². The molecule has 0 aromatic heterocycles. The fourth-order valence-corrected chi connectivity index (χ4v) is 4.39. The van der Waals surface area contributed by atoms with Crippen LogP contribution in [0.25, 0.3) is 0 Å². The number of methoxy groups -OCH3 is 1. The number of anilines is 1. The summed E-state index contributed by atoms with van der Waals surface area (Å²) in [5.74, 6) is -0.189. The van der Waals surface area contributed by atoms with Crippen LogP contribution in [0.1, 0.15) is 18.9 Å². The van der Waals surface area contributed by atoms with E-state index in [2.05, 4.69) is 21.2 Å². The second kappa shape index (κ2) is 11.3. The van der Waals surface area contributed by atoms with Crippen LogP contribution in [-0.2, 0) is 26.2 Å². The van der Waals surface area contributed by atoms with Gasteiger partial charge < -0.3 is 15.0 Å². The molecule has 174 valence electrons. The average Bonchev–Trinajstić information content (AvgIpc) is 2.77. The first-order valence-corrected chi connectivity index (χ1v) is 12.6. The van der Waals surface area contributed by atoms with E-state index in [1.165, 1.54) is 11.9 Å². The smallest absolute Gasteiger partial charge is 0.244 e. The zero-order chi connectivity index (χ0) is 23.9. The highest BCUT2D eigenvalue weighted by Crippen LogP contribution is 2.22. The summed E-state index contributed by atoms with van der Waals surface area (Å²) in [4.78, 5) is 27.4. The Morgan fingerprint density at radius 3 is 2.34 bits per heavy atom. The molecule has 32 heavy (non-hydrogen) atoms. The van der Waals surface area contributed by atoms with Crippen LogP contribution in [0.5, 0.6) is 5.75 Å². The molecule has 0 spiro atoms. The van der Waals surface area contributed by atoms with Gasteiger partial charge in [-0.2, -0.15) is 0 Å². The predicted molar refractivity (Wildman–Crippen MR) is 128 cm³/mol. The first kappa shape index (κ1) is 25.7. The Balaban J connectivity index is 2.42. The monoisotopic (exact) mass is 525 g/mol. The molecule has 0 fully saturated rings. The summed E-state index contributed by atoms with van der Waals surface area (Å²) in [7, 11) is -0.702. The molecule has 0 aliphatic heterocycles. The number of nitrogens with zero attached hydrogens (tertiary/aromatic N) is 2. The second-order valence-electron chi connectivity index (χ2n) is 7.16. The van der Waals surface area contributed by atoms with E-state index in [1.807, 2.05) is 6.07 Å². The number of hydrogen-bond acceptors (Lipinski definition) is 5. The maximum Gasteiger partial charge on any atom is 0.244 e. The quantitative estimate of drug-likeness (QED) is 0.514. The lowest BCUT2D eigenvalue weighted by Gasteiger charge is -2.32. The Morgan fingerprint density at radius 2 is 1.81 bits per heavy atom. The summed E-state index contributed by atoms with van der Waals surface area (Å²) in [5.41, 5.74) is 1.12. The fourth-order valence-electron chi connectivity index (χ4n) is 3.27. The zero-order valence-corrected chi connectivity index (χ0v) is 20.9. The van der Waals surface area contributed by atoms with Crippen LogP contribution in [0.2, 0.25) is 0 Å². The Kier molecular flexibility index (Phi) is 9.09. The van der Waals surface area contributed by atoms with Crippen molar-refractivity contribution >= 4 is 43.5 Å². The molecule has 0 radical (unpaired) electrons. The van der Waals surface area contributed by atoms with Crippen LogP contribution < -0.4 is 14.4 Å². The average molecular weight is 526 g/mol. The first-order valence-electron chi connectivity index (χ1n) is 9.98. The maximum atomic E-state index is 13.4. The minimum Gasteiger partial charge on any atom is -0.497 e. The number of hydrogen-bond donors (Lipinski definition) is 1. The molecule has 1 N–H and O–H groups in total. The van der Waals surface area contributed by atoms with Crippen molar-refractivity contribution in [2.45, 2.75) is 25.9 Å². The molecule has 0 heterocycles. The van der Waals surface area contributed by atoms with Crippen molar-refractivity contribution in [2.24, 2.45) is 0 Å². The summed E-state index contributed by atoms with van der Waals surface area (Å²) in [6, 6.07) is 13.0. The van der Waals surface area contributed by atoms with Gasteiger partial charge in [0.25, 0.3) is 0 Å². The van der Waals surface area contributed by atoms with E-state index in [1.54, 1.807) is 56.5 Å². The van der Waals surface area contributed by atoms with Crippen molar-refractivity contribution in [3.05, 3.63) is 58.6 Å². The Bertz CT molecular complexity index is 1040. The number of halogens is 1. The predicted octanol–water partition coefficient (Wildman–Crippen LogP) is 2.78. The van der Waals surface area contributed by atoms with Crippen molar-refractivity contribution in [2.75, 3.05) is 31.3 Å². The molecule has 0 unspecified atom stereocenters. The molecule has 0 saturated carbocycles. The molecule has 8 nitrogen and oxygen atoms in total. The summed E-state index contributed by atoms with van der Waals surface area (Å²) in [6.07, 6.45) is 1.41. The largest absolute Gasteiger partial charge is 0.497 e. The molecule has 0 saturated heterocycles. The first-order chi connectivity index (χ1) is 15.1. The van der Waals surface area contributed by atoms with Gasteiger partial charge in [0, 0.05) is 18.1 Å². The SMILES string of the molecule is CC[C@H](C(=O)NC)N(Cc1cccc(OC)c1)C(=O)CN(c1ccc(Br)cc1)S(C)(=O)=O. The summed E-state index contributed by atoms with van der Waals surface area (Å²) in [5, 5.41) is 2.59. The van der Waals surface area contributed by atoms with Gasteiger partial charge in [0.2, 0.25) is 21.8 Å². The number of benzene rings is 2. The normalized spacial score (nSPS) is 12.0. The minimum atomic E-state index is -3.75. The van der Waals surface area contributed by atoms with E-state index in [9.17, 15) is 18.0 Å². The lowest BCUT2D eigenvalue weighted by molar-refractivity contribution is -0.140. The van der Waals surface area contributed by atoms with Gasteiger partial charge >= 0.3 is 0 Å². The molecule has 2 aromatic carbocycles. The number of sulfonamides is 1. The third-order valence-electron chi connectivity index (χ3n) is 4.91. The second-order valence-corrected chi connectivity index (χ2v) is 9.98. The molecule has 2 rings (SSSR count). The van der Waals surface area contributed by atoms with Gasteiger partial charge in [0.15, 0.2) is 0 Å². The van der Waals surface area contributed by atoms with Crippen LogP contribution in [0.3, 0.4) is 0 Å². The van der Waals surface area contributed by atoms with Crippen molar-refractivity contribution in [1.82, 2.24) is 10.2 Å². The summed E-state index contributed by atoms with van der Waals surface area (Å²) >= 11 is 3.32. The van der Waals surface area contributed by atoms with Crippen LogP contribution in [0.15, 0.2) is 53.0 Å². The van der Waals surface area contributed by atoms with Crippen molar-refractivity contribution in [3.63, 3.8) is 0 Å². The van der Waals surface area contributed by atoms with Crippen LogP contribution >= 0.6 is 15.9 Å². The highest BCUT2D eigenvalue weighted by molar-refractivity contribution is 9.10. The van der Waals surface area contributed by atoms with Crippen molar-refractivity contribution < 1.29 is 22.7 Å². The van der Waals surface area contributed by atoms with E-state index < -0.39 is 28.5 Å². The van der Waals surface area contributed by atoms with Gasteiger partial charge in [-0.15, -0.1) is 0 Å². The van der Waals surface area contributed by atoms with Gasteiger partial charge in [-0.3, -0.25) is 13.9 Å². The molecule has 0 aliphatic rings. The molecular weight excluding hydrogens is 498 g/mol. The Morgan fingerprint density at radius 1 is 1.16 bits per heavy atom. The van der Waals surface area contributed by atoms with Crippen LogP contribution in [0, 0.1) is 0 Å². The number of carbonyl (C=O) groups excluding carboxylic acids is 2. The Hall–Kier alpha value is -2.59. The third-order valence-corrected chi connectivity index (χ3v) is 6.58. The van der Waals surface area contributed by atoms with E-state index in [0.717, 1.165) is 20.6 Å². The van der Waals surface area contributed by atoms with E-state index in [-0.39, 0.29) is 12.5 Å². The summed E-state index contributed by atoms with van der Waals surface area (Å²) in [6.45, 7) is 1.49. The number of ether oxygens (including phenoxy) is 1. The van der Waals surface area contributed by atoms with E-state index >= 15 is 0 Å². The standard InChI is InChI=1S/C22H28BrN3O5S/c1-5-20(22(28)24-2)25(14-16-7-6-8-19(13-16)31-3)21(27)15-26(32(4,29)30)18-11-9-17(23)10-12-18/h6-13,20H,5,14-15H2,1-4H3,(H,24,28)/t20-/m1/s1. The van der Waals surface area contributed by atoms with E-state index in [0.29, 0.717) is 17.9 Å². The van der Waals surface area contributed by atoms with Gasteiger partial charge in [0.1, 0.15) is 18.3 Å². The highest BCUT2D eigenvalue weighted by Gasteiger charge is 2.31. The summed E-state index contributed by atoms with van der Waals surface area (Å²) < 4.78 is 32.1. The third kappa shape index (κ3) is 6.70. The molecule has 10 heteroatoms.